The Balaban J connectivity index is 2.18. The van der Waals surface area contributed by atoms with E-state index in [1.165, 1.54) is 0 Å². The molecule has 0 aromatic carbocycles. The van der Waals surface area contributed by atoms with Crippen LogP contribution in [0.25, 0.3) is 0 Å². The summed E-state index contributed by atoms with van der Waals surface area (Å²) in [5.41, 5.74) is 0. The fraction of sp³-hybridized carbons (Fsp3) is 0.833. The van der Waals surface area contributed by atoms with Crippen LogP contribution in [0, 0.1) is 0 Å². The van der Waals surface area contributed by atoms with Gasteiger partial charge in [-0.25, -0.2) is 4.79 Å². The van der Waals surface area contributed by atoms with Gasteiger partial charge in [-0.05, 0) is 0 Å². The first-order valence-corrected chi connectivity index (χ1v) is 3.50. The van der Waals surface area contributed by atoms with Crippen molar-refractivity contribution in [3.05, 3.63) is 0 Å². The van der Waals surface area contributed by atoms with Gasteiger partial charge in [-0.3, -0.25) is 0 Å². The fourth-order valence-electron chi connectivity index (χ4n) is 1.52. The molecule has 2 aliphatic rings. The Morgan fingerprint density at radius 1 is 1.55 bits per heavy atom. The van der Waals surface area contributed by atoms with E-state index in [4.69, 9.17) is 9.84 Å². The number of carbonyl (C=O) groups is 1. The molecule has 2 saturated heterocycles. The van der Waals surface area contributed by atoms with Crippen LogP contribution < -0.4 is 5.32 Å². The maximum Gasteiger partial charge on any atom is 0.337 e. The van der Waals surface area contributed by atoms with E-state index < -0.39 is 30.3 Å². The van der Waals surface area contributed by atoms with Gasteiger partial charge in [0.2, 0.25) is 0 Å². The maximum atomic E-state index is 10.7. The van der Waals surface area contributed by atoms with E-state index in [1.807, 2.05) is 0 Å². The molecular weight excluding hydrogens is 150 g/mol. The molecule has 5 nitrogen and oxygen atoms in total. The molecule has 11 heavy (non-hydrogen) atoms. The summed E-state index contributed by atoms with van der Waals surface area (Å²) in [6.45, 7) is 0.375. The van der Waals surface area contributed by atoms with E-state index in [0.29, 0.717) is 6.54 Å². The summed E-state index contributed by atoms with van der Waals surface area (Å²) in [5, 5.41) is 21.1. The molecule has 0 spiro atoms. The van der Waals surface area contributed by atoms with E-state index in [2.05, 4.69) is 5.32 Å². The number of aliphatic hydroxyl groups excluding tert-OH is 2. The topological polar surface area (TPSA) is 78.8 Å². The number of esters is 1. The highest BCUT2D eigenvalue weighted by Gasteiger charge is 2.50. The van der Waals surface area contributed by atoms with Crippen molar-refractivity contribution in [2.24, 2.45) is 0 Å². The van der Waals surface area contributed by atoms with Crippen LogP contribution in [0.15, 0.2) is 0 Å². The Bertz CT molecular complexity index is 195. The van der Waals surface area contributed by atoms with Gasteiger partial charge in [0.15, 0.2) is 6.10 Å². The number of aliphatic hydroxyl groups is 2. The zero-order chi connectivity index (χ0) is 8.01. The second-order valence-corrected chi connectivity index (χ2v) is 2.85. The van der Waals surface area contributed by atoms with Crippen molar-refractivity contribution in [2.45, 2.75) is 24.4 Å². The van der Waals surface area contributed by atoms with E-state index in [1.54, 1.807) is 0 Å². The molecule has 0 bridgehead atoms. The van der Waals surface area contributed by atoms with Crippen molar-refractivity contribution < 1.29 is 19.7 Å². The third-order valence-corrected chi connectivity index (χ3v) is 2.13. The Hall–Kier alpha value is -0.650. The average molecular weight is 159 g/mol. The molecule has 4 atom stereocenters. The molecule has 62 valence electrons. The molecule has 0 aromatic heterocycles. The number of hydrogen-bond donors (Lipinski definition) is 3. The van der Waals surface area contributed by atoms with Crippen LogP contribution in [0.2, 0.25) is 0 Å². The molecule has 0 radical (unpaired) electrons. The number of fused-ring (bicyclic) bond motifs is 1. The van der Waals surface area contributed by atoms with Crippen LogP contribution in [0.4, 0.5) is 0 Å². The zero-order valence-corrected chi connectivity index (χ0v) is 5.73. The van der Waals surface area contributed by atoms with Gasteiger partial charge in [-0.2, -0.15) is 0 Å². The third-order valence-electron chi connectivity index (χ3n) is 2.13. The number of carbonyl (C=O) groups excluding carboxylic acids is 1. The van der Waals surface area contributed by atoms with Crippen LogP contribution in [0.1, 0.15) is 0 Å². The van der Waals surface area contributed by atoms with E-state index >= 15 is 0 Å². The smallest absolute Gasteiger partial charge is 0.337 e. The molecule has 3 N–H and O–H groups in total. The quantitative estimate of drug-likeness (QED) is 0.343. The molecule has 0 unspecified atom stereocenters. The van der Waals surface area contributed by atoms with Gasteiger partial charge in [0.1, 0.15) is 12.2 Å². The SMILES string of the molecule is O=C1O[C@H]2[C@H](NC[C@H]2O)[C@H]1O. The minimum Gasteiger partial charge on any atom is -0.456 e. The number of rotatable bonds is 0. The Morgan fingerprint density at radius 3 is 2.91 bits per heavy atom. The van der Waals surface area contributed by atoms with Crippen molar-refractivity contribution in [1.29, 1.82) is 0 Å². The predicted molar refractivity (Wildman–Crippen MR) is 33.7 cm³/mol. The molecule has 0 saturated carbocycles. The summed E-state index contributed by atoms with van der Waals surface area (Å²) in [6, 6.07) is -0.419. The van der Waals surface area contributed by atoms with Crippen LogP contribution in [-0.2, 0) is 9.53 Å². The number of ether oxygens (including phenoxy) is 1. The molecule has 0 aliphatic carbocycles. The monoisotopic (exact) mass is 159 g/mol. The molecule has 0 amide bonds. The summed E-state index contributed by atoms with van der Waals surface area (Å²) < 4.78 is 4.71. The van der Waals surface area contributed by atoms with E-state index in [9.17, 15) is 9.90 Å². The summed E-state index contributed by atoms with van der Waals surface area (Å²) in [6.07, 6.45) is -2.35. The fourth-order valence-corrected chi connectivity index (χ4v) is 1.52. The second kappa shape index (κ2) is 2.17. The Morgan fingerprint density at radius 2 is 2.27 bits per heavy atom. The van der Waals surface area contributed by atoms with E-state index in [-0.39, 0.29) is 0 Å². The summed E-state index contributed by atoms with van der Waals surface area (Å²) in [5.74, 6) is -0.647. The molecule has 2 heterocycles. The first-order valence-electron chi connectivity index (χ1n) is 3.50. The lowest BCUT2D eigenvalue weighted by Gasteiger charge is -2.09. The normalized spacial score (nSPS) is 49.1. The van der Waals surface area contributed by atoms with Gasteiger partial charge in [-0.1, -0.05) is 0 Å². The van der Waals surface area contributed by atoms with Crippen molar-refractivity contribution in [1.82, 2.24) is 5.32 Å². The van der Waals surface area contributed by atoms with Crippen LogP contribution >= 0.6 is 0 Å². The van der Waals surface area contributed by atoms with Gasteiger partial charge in [0, 0.05) is 6.54 Å². The lowest BCUT2D eigenvalue weighted by molar-refractivity contribution is -0.150. The summed E-state index contributed by atoms with van der Waals surface area (Å²) >= 11 is 0. The molecule has 2 fully saturated rings. The first-order chi connectivity index (χ1) is 5.20. The van der Waals surface area contributed by atoms with Crippen molar-refractivity contribution >= 4 is 5.97 Å². The number of β-amino-alcohol motifs (C(OH)–C–C–N with tert-alkyl or cyclic N) is 1. The lowest BCUT2D eigenvalue weighted by Crippen LogP contribution is -2.37. The number of hydrogen-bond acceptors (Lipinski definition) is 5. The second-order valence-electron chi connectivity index (χ2n) is 2.85. The van der Waals surface area contributed by atoms with Crippen LogP contribution in [0.3, 0.4) is 0 Å². The standard InChI is InChI=1S/C6H9NO4/c8-2-1-7-3-4(9)6(10)11-5(2)3/h2-5,7-9H,1H2/t2-,3-,4-,5-/m1/s1. The molecule has 2 aliphatic heterocycles. The maximum absolute atomic E-state index is 10.7. The van der Waals surface area contributed by atoms with E-state index in [0.717, 1.165) is 0 Å². The largest absolute Gasteiger partial charge is 0.456 e. The van der Waals surface area contributed by atoms with Crippen LogP contribution in [0.5, 0.6) is 0 Å². The minimum absolute atomic E-state index is 0.375. The highest BCUT2D eigenvalue weighted by molar-refractivity contribution is 5.78. The Kier molecular flexibility index (Phi) is 1.38. The lowest BCUT2D eigenvalue weighted by atomic mass is 10.1. The molecule has 5 heteroatoms. The van der Waals surface area contributed by atoms with Crippen LogP contribution in [-0.4, -0.2) is 47.1 Å². The first kappa shape index (κ1) is 7.02. The van der Waals surface area contributed by atoms with Gasteiger partial charge in [-0.15, -0.1) is 0 Å². The molecule has 0 aromatic rings. The average Bonchev–Trinajstić information content (AvgIpc) is 2.43. The third kappa shape index (κ3) is 0.852. The van der Waals surface area contributed by atoms with Crippen molar-refractivity contribution in [3.8, 4) is 0 Å². The Labute approximate surface area is 63.0 Å². The highest BCUT2D eigenvalue weighted by Crippen LogP contribution is 2.22. The van der Waals surface area contributed by atoms with Gasteiger partial charge in [0.25, 0.3) is 0 Å². The molecular formula is C6H9NO4. The highest BCUT2D eigenvalue weighted by atomic mass is 16.6. The summed E-state index contributed by atoms with van der Waals surface area (Å²) in [7, 11) is 0. The predicted octanol–water partition coefficient (Wildman–Crippen LogP) is -2.39. The van der Waals surface area contributed by atoms with Crippen molar-refractivity contribution in [3.63, 3.8) is 0 Å². The number of nitrogens with one attached hydrogen (secondary N) is 1. The van der Waals surface area contributed by atoms with Crippen molar-refractivity contribution in [2.75, 3.05) is 6.54 Å². The zero-order valence-electron chi connectivity index (χ0n) is 5.73. The van der Waals surface area contributed by atoms with Gasteiger partial charge >= 0.3 is 5.97 Å². The minimum atomic E-state index is -1.11. The van der Waals surface area contributed by atoms with Gasteiger partial charge < -0.3 is 20.3 Å². The van der Waals surface area contributed by atoms with Gasteiger partial charge in [0.05, 0.1) is 6.04 Å². The summed E-state index contributed by atoms with van der Waals surface area (Å²) in [4.78, 5) is 10.7. The molecule has 2 rings (SSSR count).